The van der Waals surface area contributed by atoms with Crippen LogP contribution in [0.4, 0.5) is 0 Å². The molecule has 0 aliphatic heterocycles. The Hall–Kier alpha value is -1.22. The summed E-state index contributed by atoms with van der Waals surface area (Å²) in [4.78, 5) is 0. The molecule has 1 aromatic carbocycles. The van der Waals surface area contributed by atoms with Gasteiger partial charge in [-0.15, -0.1) is 0 Å². The molecule has 3 heteroatoms. The minimum atomic E-state index is 0.379. The first-order chi connectivity index (χ1) is 10.2. The molecular formula is C18H29NO2. The van der Waals surface area contributed by atoms with Crippen molar-refractivity contribution in [2.75, 3.05) is 6.61 Å². The van der Waals surface area contributed by atoms with E-state index in [4.69, 9.17) is 9.47 Å². The molecule has 21 heavy (non-hydrogen) atoms. The SMILES string of the molecule is CCCOc1ccc(CNC(C)C)c(OC2CCCC2)c1. The van der Waals surface area contributed by atoms with E-state index in [1.165, 1.54) is 31.2 Å². The van der Waals surface area contributed by atoms with E-state index in [0.29, 0.717) is 12.1 Å². The fraction of sp³-hybridized carbons (Fsp3) is 0.667. The highest BCUT2D eigenvalue weighted by Crippen LogP contribution is 2.30. The molecule has 0 bridgehead atoms. The molecule has 1 aliphatic rings. The van der Waals surface area contributed by atoms with E-state index >= 15 is 0 Å². The van der Waals surface area contributed by atoms with Crippen molar-refractivity contribution in [1.82, 2.24) is 5.32 Å². The summed E-state index contributed by atoms with van der Waals surface area (Å²) in [5.74, 6) is 1.90. The normalized spacial score (nSPS) is 15.6. The fourth-order valence-electron chi connectivity index (χ4n) is 2.60. The van der Waals surface area contributed by atoms with Gasteiger partial charge in [-0.05, 0) is 38.2 Å². The van der Waals surface area contributed by atoms with Gasteiger partial charge in [-0.2, -0.15) is 0 Å². The second kappa shape index (κ2) is 8.28. The van der Waals surface area contributed by atoms with Crippen molar-refractivity contribution in [2.45, 2.75) is 71.6 Å². The molecule has 118 valence electrons. The Bertz CT molecular complexity index is 425. The van der Waals surface area contributed by atoms with E-state index in [1.807, 2.05) is 0 Å². The van der Waals surface area contributed by atoms with Gasteiger partial charge in [0.1, 0.15) is 11.5 Å². The lowest BCUT2D eigenvalue weighted by Crippen LogP contribution is -2.23. The van der Waals surface area contributed by atoms with Crippen molar-refractivity contribution in [3.05, 3.63) is 23.8 Å². The summed E-state index contributed by atoms with van der Waals surface area (Å²) in [5.41, 5.74) is 1.22. The number of nitrogens with one attached hydrogen (secondary N) is 1. The maximum absolute atomic E-state index is 6.24. The van der Waals surface area contributed by atoms with Crippen molar-refractivity contribution < 1.29 is 9.47 Å². The third kappa shape index (κ3) is 5.24. The zero-order chi connectivity index (χ0) is 15.1. The summed E-state index contributed by atoms with van der Waals surface area (Å²) in [6.45, 7) is 8.05. The van der Waals surface area contributed by atoms with Crippen LogP contribution in [0.1, 0.15) is 58.4 Å². The Morgan fingerprint density at radius 1 is 1.24 bits per heavy atom. The second-order valence-corrected chi connectivity index (χ2v) is 6.18. The van der Waals surface area contributed by atoms with Gasteiger partial charge in [0.2, 0.25) is 0 Å². The van der Waals surface area contributed by atoms with Crippen LogP contribution in [0.25, 0.3) is 0 Å². The van der Waals surface area contributed by atoms with E-state index in [1.54, 1.807) is 0 Å². The third-order valence-corrected chi connectivity index (χ3v) is 3.81. The van der Waals surface area contributed by atoms with Gasteiger partial charge in [-0.3, -0.25) is 0 Å². The minimum Gasteiger partial charge on any atom is -0.493 e. The molecule has 3 nitrogen and oxygen atoms in total. The maximum atomic E-state index is 6.24. The number of ether oxygens (including phenoxy) is 2. The van der Waals surface area contributed by atoms with Crippen molar-refractivity contribution in [3.63, 3.8) is 0 Å². The summed E-state index contributed by atoms with van der Waals surface area (Å²) in [7, 11) is 0. The Morgan fingerprint density at radius 3 is 2.67 bits per heavy atom. The molecule has 0 aromatic heterocycles. The maximum Gasteiger partial charge on any atom is 0.127 e. The predicted octanol–water partition coefficient (Wildman–Crippen LogP) is 4.29. The van der Waals surface area contributed by atoms with E-state index in [9.17, 15) is 0 Å². The molecule has 1 aromatic rings. The molecule has 0 spiro atoms. The highest BCUT2D eigenvalue weighted by Gasteiger charge is 2.18. The Morgan fingerprint density at radius 2 is 2.00 bits per heavy atom. The second-order valence-electron chi connectivity index (χ2n) is 6.18. The topological polar surface area (TPSA) is 30.5 Å². The van der Waals surface area contributed by atoms with Crippen LogP contribution >= 0.6 is 0 Å². The number of benzene rings is 1. The van der Waals surface area contributed by atoms with E-state index in [2.05, 4.69) is 44.3 Å². The first kappa shape index (κ1) is 16.2. The summed E-state index contributed by atoms with van der Waals surface area (Å²) >= 11 is 0. The molecule has 1 fully saturated rings. The standard InChI is InChI=1S/C18H29NO2/c1-4-11-20-17-10-9-15(13-19-14(2)3)18(12-17)21-16-7-5-6-8-16/h9-10,12,14,16,19H,4-8,11,13H2,1-3H3. The minimum absolute atomic E-state index is 0.379. The molecule has 0 radical (unpaired) electrons. The van der Waals surface area contributed by atoms with E-state index < -0.39 is 0 Å². The van der Waals surface area contributed by atoms with E-state index in [0.717, 1.165) is 31.1 Å². The van der Waals surface area contributed by atoms with Crippen LogP contribution in [0.15, 0.2) is 18.2 Å². The molecule has 1 aliphatic carbocycles. The van der Waals surface area contributed by atoms with Gasteiger partial charge in [0, 0.05) is 24.2 Å². The fourth-order valence-corrected chi connectivity index (χ4v) is 2.60. The Balaban J connectivity index is 2.08. The molecule has 1 N–H and O–H groups in total. The van der Waals surface area contributed by atoms with Gasteiger partial charge >= 0.3 is 0 Å². The first-order valence-corrected chi connectivity index (χ1v) is 8.34. The average molecular weight is 291 g/mol. The summed E-state index contributed by atoms with van der Waals surface area (Å²) in [6, 6.07) is 6.71. The quantitative estimate of drug-likeness (QED) is 0.775. The Kier molecular flexibility index (Phi) is 6.37. The van der Waals surface area contributed by atoms with Crippen molar-refractivity contribution in [3.8, 4) is 11.5 Å². The molecule has 1 saturated carbocycles. The van der Waals surface area contributed by atoms with Crippen LogP contribution in [-0.4, -0.2) is 18.8 Å². The van der Waals surface area contributed by atoms with Crippen molar-refractivity contribution in [1.29, 1.82) is 0 Å². The van der Waals surface area contributed by atoms with Crippen LogP contribution in [0.2, 0.25) is 0 Å². The largest absolute Gasteiger partial charge is 0.493 e. The summed E-state index contributed by atoms with van der Waals surface area (Å²) in [5, 5.41) is 3.47. The third-order valence-electron chi connectivity index (χ3n) is 3.81. The van der Waals surface area contributed by atoms with Crippen molar-refractivity contribution in [2.24, 2.45) is 0 Å². The molecule has 2 rings (SSSR count). The lowest BCUT2D eigenvalue weighted by Gasteiger charge is -2.19. The van der Waals surface area contributed by atoms with Gasteiger partial charge in [-0.25, -0.2) is 0 Å². The van der Waals surface area contributed by atoms with Gasteiger partial charge in [0.15, 0.2) is 0 Å². The highest BCUT2D eigenvalue weighted by molar-refractivity contribution is 5.41. The lowest BCUT2D eigenvalue weighted by molar-refractivity contribution is 0.206. The van der Waals surface area contributed by atoms with E-state index in [-0.39, 0.29) is 0 Å². The van der Waals surface area contributed by atoms with Crippen molar-refractivity contribution >= 4 is 0 Å². The predicted molar refractivity (Wildman–Crippen MR) is 87.1 cm³/mol. The molecular weight excluding hydrogens is 262 g/mol. The molecule has 0 unspecified atom stereocenters. The number of hydrogen-bond donors (Lipinski definition) is 1. The van der Waals surface area contributed by atoms with Gasteiger partial charge in [0.25, 0.3) is 0 Å². The van der Waals surface area contributed by atoms with Crippen LogP contribution in [0.5, 0.6) is 11.5 Å². The smallest absolute Gasteiger partial charge is 0.127 e. The lowest BCUT2D eigenvalue weighted by atomic mass is 10.1. The highest BCUT2D eigenvalue weighted by atomic mass is 16.5. The monoisotopic (exact) mass is 291 g/mol. The average Bonchev–Trinajstić information content (AvgIpc) is 2.97. The van der Waals surface area contributed by atoms with Crippen LogP contribution in [-0.2, 0) is 6.54 Å². The van der Waals surface area contributed by atoms with Gasteiger partial charge < -0.3 is 14.8 Å². The zero-order valence-corrected chi connectivity index (χ0v) is 13.7. The molecule has 0 saturated heterocycles. The first-order valence-electron chi connectivity index (χ1n) is 8.34. The van der Waals surface area contributed by atoms with Crippen LogP contribution < -0.4 is 14.8 Å². The molecule has 0 heterocycles. The summed E-state index contributed by atoms with van der Waals surface area (Å²) in [6.07, 6.45) is 6.33. The van der Waals surface area contributed by atoms with Gasteiger partial charge in [0.05, 0.1) is 12.7 Å². The number of rotatable bonds is 8. The molecule has 0 amide bonds. The Labute approximate surface area is 129 Å². The number of hydrogen-bond acceptors (Lipinski definition) is 3. The summed E-state index contributed by atoms with van der Waals surface area (Å²) < 4.78 is 12.0. The zero-order valence-electron chi connectivity index (χ0n) is 13.7. The van der Waals surface area contributed by atoms with Crippen LogP contribution in [0.3, 0.4) is 0 Å². The molecule has 0 atom stereocenters. The van der Waals surface area contributed by atoms with Gasteiger partial charge in [-0.1, -0.05) is 26.8 Å². The van der Waals surface area contributed by atoms with Crippen LogP contribution in [0, 0.1) is 0 Å².